The number of rotatable bonds is 5. The highest BCUT2D eigenvalue weighted by Gasteiger charge is 2.30. The third-order valence-corrected chi connectivity index (χ3v) is 3.75. The van der Waals surface area contributed by atoms with Crippen LogP contribution in [0.3, 0.4) is 0 Å². The zero-order chi connectivity index (χ0) is 20.2. The van der Waals surface area contributed by atoms with E-state index in [-0.39, 0.29) is 22.0 Å². The first-order valence-electron chi connectivity index (χ1n) is 7.64. The summed E-state index contributed by atoms with van der Waals surface area (Å²) in [5, 5.41) is 2.66. The summed E-state index contributed by atoms with van der Waals surface area (Å²) in [6.45, 7) is 1.33. The molecule has 0 radical (unpaired) electrons. The van der Waals surface area contributed by atoms with Crippen molar-refractivity contribution in [3.05, 3.63) is 58.6 Å². The van der Waals surface area contributed by atoms with E-state index in [4.69, 9.17) is 21.1 Å². The van der Waals surface area contributed by atoms with E-state index in [0.717, 1.165) is 24.3 Å². The third kappa shape index (κ3) is 5.37. The van der Waals surface area contributed by atoms with Gasteiger partial charge in [-0.15, -0.1) is 0 Å². The zero-order valence-electron chi connectivity index (χ0n) is 14.3. The second kappa shape index (κ2) is 8.30. The van der Waals surface area contributed by atoms with Crippen LogP contribution in [0.1, 0.15) is 22.8 Å². The number of halogens is 4. The summed E-state index contributed by atoms with van der Waals surface area (Å²) in [5.41, 5.74) is -0.663. The molecule has 2 rings (SSSR count). The molecule has 0 unspecified atom stereocenters. The number of nitrogens with one attached hydrogen (secondary N) is 1. The molecule has 0 aliphatic carbocycles. The molecule has 0 fully saturated rings. The van der Waals surface area contributed by atoms with E-state index in [2.05, 4.69) is 5.32 Å². The van der Waals surface area contributed by atoms with Gasteiger partial charge >= 0.3 is 12.1 Å². The maximum absolute atomic E-state index is 12.5. The van der Waals surface area contributed by atoms with Crippen molar-refractivity contribution in [1.29, 1.82) is 0 Å². The molecular formula is C18H15ClF3NO4. The van der Waals surface area contributed by atoms with Gasteiger partial charge in [0.15, 0.2) is 6.10 Å². The Morgan fingerprint density at radius 2 is 1.74 bits per heavy atom. The Balaban J connectivity index is 2.03. The van der Waals surface area contributed by atoms with Gasteiger partial charge in [-0.3, -0.25) is 4.79 Å². The van der Waals surface area contributed by atoms with Crippen LogP contribution in [0, 0.1) is 0 Å². The molecule has 0 saturated heterocycles. The molecule has 5 nitrogen and oxygen atoms in total. The van der Waals surface area contributed by atoms with E-state index < -0.39 is 29.7 Å². The van der Waals surface area contributed by atoms with Gasteiger partial charge < -0.3 is 14.8 Å². The number of esters is 1. The van der Waals surface area contributed by atoms with Crippen molar-refractivity contribution in [2.45, 2.75) is 19.2 Å². The number of amides is 1. The van der Waals surface area contributed by atoms with Crippen LogP contribution in [-0.4, -0.2) is 25.1 Å². The predicted molar refractivity (Wildman–Crippen MR) is 93.0 cm³/mol. The topological polar surface area (TPSA) is 64.6 Å². The highest BCUT2D eigenvalue weighted by atomic mass is 35.5. The molecule has 0 heterocycles. The number of ether oxygens (including phenoxy) is 2. The third-order valence-electron chi connectivity index (χ3n) is 3.51. The molecule has 2 aromatic rings. The molecule has 2 aromatic carbocycles. The fraction of sp³-hybridized carbons (Fsp3) is 0.222. The van der Waals surface area contributed by atoms with Crippen molar-refractivity contribution in [2.24, 2.45) is 0 Å². The molecule has 1 N–H and O–H groups in total. The lowest BCUT2D eigenvalue weighted by Gasteiger charge is -2.15. The summed E-state index contributed by atoms with van der Waals surface area (Å²) < 4.78 is 47.7. The lowest BCUT2D eigenvalue weighted by atomic mass is 10.2. The minimum Gasteiger partial charge on any atom is -0.496 e. The van der Waals surface area contributed by atoms with Gasteiger partial charge in [0.1, 0.15) is 11.3 Å². The number of methoxy groups -OCH3 is 1. The predicted octanol–water partition coefficient (Wildman–Crippen LogP) is 4.55. The molecule has 0 saturated carbocycles. The molecule has 27 heavy (non-hydrogen) atoms. The smallest absolute Gasteiger partial charge is 0.416 e. The van der Waals surface area contributed by atoms with E-state index in [1.54, 1.807) is 0 Å². The van der Waals surface area contributed by atoms with Crippen molar-refractivity contribution < 1.29 is 32.2 Å². The zero-order valence-corrected chi connectivity index (χ0v) is 15.0. The molecule has 9 heteroatoms. The van der Waals surface area contributed by atoms with Crippen LogP contribution >= 0.6 is 11.6 Å². The minimum absolute atomic E-state index is 0.0409. The molecular weight excluding hydrogens is 387 g/mol. The average Bonchev–Trinajstić information content (AvgIpc) is 2.61. The molecule has 1 amide bonds. The van der Waals surface area contributed by atoms with Crippen LogP contribution in [0.2, 0.25) is 5.02 Å². The average molecular weight is 402 g/mol. The van der Waals surface area contributed by atoms with Gasteiger partial charge in [-0.1, -0.05) is 11.6 Å². The van der Waals surface area contributed by atoms with E-state index in [9.17, 15) is 22.8 Å². The van der Waals surface area contributed by atoms with E-state index in [0.29, 0.717) is 0 Å². The van der Waals surface area contributed by atoms with Gasteiger partial charge in [0, 0.05) is 10.7 Å². The van der Waals surface area contributed by atoms with Crippen LogP contribution in [0.5, 0.6) is 5.75 Å². The Labute approximate surface area is 158 Å². The van der Waals surface area contributed by atoms with E-state index in [1.165, 1.54) is 32.2 Å². The number of benzene rings is 2. The maximum atomic E-state index is 12.5. The summed E-state index contributed by atoms with van der Waals surface area (Å²) in [6, 6.07) is 8.23. The monoisotopic (exact) mass is 401 g/mol. The molecule has 0 aromatic heterocycles. The molecule has 144 valence electrons. The number of alkyl halides is 3. The van der Waals surface area contributed by atoms with Crippen molar-refractivity contribution >= 4 is 29.2 Å². The van der Waals surface area contributed by atoms with Crippen LogP contribution < -0.4 is 10.1 Å². The Hall–Kier alpha value is -2.74. The first kappa shape index (κ1) is 20.6. The van der Waals surface area contributed by atoms with Gasteiger partial charge in [0.05, 0.1) is 12.7 Å². The van der Waals surface area contributed by atoms with Gasteiger partial charge in [0.25, 0.3) is 5.91 Å². The summed E-state index contributed by atoms with van der Waals surface area (Å²) >= 11 is 5.85. The second-order valence-electron chi connectivity index (χ2n) is 5.46. The quantitative estimate of drug-likeness (QED) is 0.746. The fourth-order valence-corrected chi connectivity index (χ4v) is 2.28. The highest BCUT2D eigenvalue weighted by Crippen LogP contribution is 2.30. The van der Waals surface area contributed by atoms with Gasteiger partial charge in [-0.25, -0.2) is 4.79 Å². The summed E-state index contributed by atoms with van der Waals surface area (Å²) in [7, 11) is 1.36. The summed E-state index contributed by atoms with van der Waals surface area (Å²) in [4.78, 5) is 24.3. The Bertz CT molecular complexity index is 837. The molecule has 0 aliphatic heterocycles. The largest absolute Gasteiger partial charge is 0.496 e. The fourth-order valence-electron chi connectivity index (χ4n) is 2.10. The first-order chi connectivity index (χ1) is 12.6. The molecule has 0 spiro atoms. The minimum atomic E-state index is -4.47. The van der Waals surface area contributed by atoms with Crippen LogP contribution in [0.4, 0.5) is 18.9 Å². The van der Waals surface area contributed by atoms with Crippen molar-refractivity contribution in [2.75, 3.05) is 12.4 Å². The van der Waals surface area contributed by atoms with Crippen LogP contribution in [0.25, 0.3) is 0 Å². The van der Waals surface area contributed by atoms with Crippen molar-refractivity contribution in [1.82, 2.24) is 0 Å². The number of carbonyl (C=O) groups excluding carboxylic acids is 2. The summed E-state index contributed by atoms with van der Waals surface area (Å²) in [6.07, 6.45) is -5.68. The van der Waals surface area contributed by atoms with Gasteiger partial charge in [-0.05, 0) is 49.4 Å². The summed E-state index contributed by atoms with van der Waals surface area (Å²) in [5.74, 6) is -1.31. The van der Waals surface area contributed by atoms with Crippen molar-refractivity contribution in [3.63, 3.8) is 0 Å². The first-order valence-corrected chi connectivity index (χ1v) is 8.02. The van der Waals surface area contributed by atoms with Gasteiger partial charge in [-0.2, -0.15) is 13.2 Å². The lowest BCUT2D eigenvalue weighted by molar-refractivity contribution is -0.137. The number of hydrogen-bond acceptors (Lipinski definition) is 4. The molecule has 0 aliphatic rings. The maximum Gasteiger partial charge on any atom is 0.416 e. The van der Waals surface area contributed by atoms with Crippen LogP contribution in [0.15, 0.2) is 42.5 Å². The second-order valence-corrected chi connectivity index (χ2v) is 5.89. The molecule has 0 bridgehead atoms. The highest BCUT2D eigenvalue weighted by molar-refractivity contribution is 6.31. The Morgan fingerprint density at radius 1 is 1.11 bits per heavy atom. The van der Waals surface area contributed by atoms with Gasteiger partial charge in [0.2, 0.25) is 0 Å². The van der Waals surface area contributed by atoms with E-state index >= 15 is 0 Å². The number of hydrogen-bond donors (Lipinski definition) is 1. The number of anilines is 1. The normalized spacial score (nSPS) is 12.2. The van der Waals surface area contributed by atoms with Crippen LogP contribution in [-0.2, 0) is 15.7 Å². The Morgan fingerprint density at radius 3 is 2.30 bits per heavy atom. The standard InChI is InChI=1S/C18H15ClF3NO4/c1-10(27-17(25)14-9-12(19)5-8-15(14)26-2)16(24)23-13-6-3-11(4-7-13)18(20,21)22/h3-10H,1-2H3,(H,23,24)/t10-/m0/s1. The Kier molecular flexibility index (Phi) is 6.32. The molecule has 1 atom stereocenters. The lowest BCUT2D eigenvalue weighted by Crippen LogP contribution is -2.30. The van der Waals surface area contributed by atoms with E-state index in [1.807, 2.05) is 0 Å². The van der Waals surface area contributed by atoms with Crippen molar-refractivity contribution in [3.8, 4) is 5.75 Å². The number of carbonyl (C=O) groups is 2. The SMILES string of the molecule is COc1ccc(Cl)cc1C(=O)O[C@@H](C)C(=O)Nc1ccc(C(F)(F)F)cc1.